The molecule has 2 heteroatoms. The zero-order valence-corrected chi connectivity index (χ0v) is 15.5. The second kappa shape index (κ2) is 5.16. The SMILES string of the molecule is CC(=O)C1CCC2C3C=C(C)C4=CC(=O)CCC4(C)C3CC[C@]12C. The van der Waals surface area contributed by atoms with Gasteiger partial charge in [0.1, 0.15) is 5.78 Å². The number of carbonyl (C=O) groups is 2. The lowest BCUT2D eigenvalue weighted by atomic mass is 9.47. The van der Waals surface area contributed by atoms with E-state index in [9.17, 15) is 9.59 Å². The van der Waals surface area contributed by atoms with Gasteiger partial charge in [-0.05, 0) is 86.2 Å². The minimum absolute atomic E-state index is 0.160. The summed E-state index contributed by atoms with van der Waals surface area (Å²) in [6.07, 6.45) is 10.8. The predicted octanol–water partition coefficient (Wildman–Crippen LogP) is 4.89. The van der Waals surface area contributed by atoms with Crippen LogP contribution in [0.3, 0.4) is 0 Å². The Balaban J connectivity index is 1.77. The van der Waals surface area contributed by atoms with Gasteiger partial charge in [0.05, 0.1) is 0 Å². The molecule has 4 aliphatic carbocycles. The molecular formula is C22H30O2. The first-order valence-corrected chi connectivity index (χ1v) is 9.71. The van der Waals surface area contributed by atoms with Gasteiger partial charge in [0.2, 0.25) is 0 Å². The minimum atomic E-state index is 0.160. The van der Waals surface area contributed by atoms with Crippen LogP contribution in [0.1, 0.15) is 66.2 Å². The fourth-order valence-corrected chi connectivity index (χ4v) is 7.08. The number of fused-ring (bicyclic) bond motifs is 5. The Hall–Kier alpha value is -1.18. The van der Waals surface area contributed by atoms with Crippen molar-refractivity contribution in [1.29, 1.82) is 0 Å². The molecule has 2 nitrogen and oxygen atoms in total. The highest BCUT2D eigenvalue weighted by atomic mass is 16.1. The van der Waals surface area contributed by atoms with Gasteiger partial charge >= 0.3 is 0 Å². The van der Waals surface area contributed by atoms with E-state index in [1.54, 1.807) is 6.92 Å². The van der Waals surface area contributed by atoms with Crippen LogP contribution in [0.2, 0.25) is 0 Å². The molecule has 0 amide bonds. The normalized spacial score (nSPS) is 47.2. The van der Waals surface area contributed by atoms with Crippen LogP contribution in [-0.2, 0) is 9.59 Å². The van der Waals surface area contributed by atoms with E-state index in [2.05, 4.69) is 26.8 Å². The highest BCUT2D eigenvalue weighted by Crippen LogP contribution is 2.66. The summed E-state index contributed by atoms with van der Waals surface area (Å²) in [6.45, 7) is 8.78. The van der Waals surface area contributed by atoms with Crippen molar-refractivity contribution in [3.63, 3.8) is 0 Å². The molecule has 0 radical (unpaired) electrons. The first-order valence-electron chi connectivity index (χ1n) is 9.71. The van der Waals surface area contributed by atoms with Gasteiger partial charge in [-0.2, -0.15) is 0 Å². The summed E-state index contributed by atoms with van der Waals surface area (Å²) in [5.74, 6) is 2.82. The van der Waals surface area contributed by atoms with Gasteiger partial charge in [-0.1, -0.05) is 25.5 Å². The van der Waals surface area contributed by atoms with Gasteiger partial charge in [-0.25, -0.2) is 0 Å². The molecule has 0 spiro atoms. The Morgan fingerprint density at radius 3 is 2.58 bits per heavy atom. The van der Waals surface area contributed by atoms with Gasteiger partial charge in [0.15, 0.2) is 5.78 Å². The van der Waals surface area contributed by atoms with Crippen LogP contribution in [0.5, 0.6) is 0 Å². The maximum atomic E-state index is 12.2. The van der Waals surface area contributed by atoms with Crippen LogP contribution in [0, 0.1) is 34.5 Å². The van der Waals surface area contributed by atoms with Gasteiger partial charge in [0.25, 0.3) is 0 Å². The topological polar surface area (TPSA) is 34.1 Å². The first-order chi connectivity index (χ1) is 11.3. The van der Waals surface area contributed by atoms with Crippen molar-refractivity contribution >= 4 is 11.6 Å². The lowest BCUT2D eigenvalue weighted by Gasteiger charge is -2.56. The fraction of sp³-hybridized carbons (Fsp3) is 0.727. The largest absolute Gasteiger partial charge is 0.300 e. The zero-order valence-electron chi connectivity index (χ0n) is 15.5. The minimum Gasteiger partial charge on any atom is -0.300 e. The van der Waals surface area contributed by atoms with E-state index in [1.807, 2.05) is 6.08 Å². The molecule has 0 aromatic rings. The van der Waals surface area contributed by atoms with E-state index in [-0.39, 0.29) is 16.7 Å². The maximum absolute atomic E-state index is 12.2. The molecule has 0 heterocycles. The molecule has 0 aromatic heterocycles. The number of allylic oxidation sites excluding steroid dienone is 4. The smallest absolute Gasteiger partial charge is 0.156 e. The molecular weight excluding hydrogens is 296 g/mol. The Morgan fingerprint density at radius 2 is 1.88 bits per heavy atom. The van der Waals surface area contributed by atoms with Crippen LogP contribution >= 0.6 is 0 Å². The summed E-state index contributed by atoms with van der Waals surface area (Å²) >= 11 is 0. The van der Waals surface area contributed by atoms with E-state index >= 15 is 0 Å². The van der Waals surface area contributed by atoms with Crippen molar-refractivity contribution in [3.8, 4) is 0 Å². The molecule has 4 aliphatic rings. The molecule has 4 rings (SSSR count). The van der Waals surface area contributed by atoms with Crippen LogP contribution < -0.4 is 0 Å². The first kappa shape index (κ1) is 16.3. The summed E-state index contributed by atoms with van der Waals surface area (Å²) < 4.78 is 0. The summed E-state index contributed by atoms with van der Waals surface area (Å²) in [5.41, 5.74) is 2.98. The standard InChI is InChI=1S/C22H30O2/c1-13-11-16-18-6-5-17(14(2)23)21(18,3)10-8-19(16)22(4)9-7-15(24)12-20(13)22/h11-12,16-19H,5-10H2,1-4H3/t16?,17?,18?,19?,21-,22?/m1/s1. The second-order valence-electron chi connectivity index (χ2n) is 9.37. The number of ketones is 2. The second-order valence-corrected chi connectivity index (χ2v) is 9.37. The van der Waals surface area contributed by atoms with Crippen molar-refractivity contribution in [3.05, 3.63) is 23.3 Å². The van der Waals surface area contributed by atoms with E-state index in [0.717, 1.165) is 12.8 Å². The number of hydrogen-bond donors (Lipinski definition) is 0. The molecule has 2 saturated carbocycles. The average molecular weight is 326 g/mol. The Morgan fingerprint density at radius 1 is 1.12 bits per heavy atom. The third-order valence-corrected chi connectivity index (χ3v) is 8.32. The highest BCUT2D eigenvalue weighted by molar-refractivity contribution is 5.92. The quantitative estimate of drug-likeness (QED) is 0.687. The average Bonchev–Trinajstić information content (AvgIpc) is 2.87. The van der Waals surface area contributed by atoms with Crippen molar-refractivity contribution < 1.29 is 9.59 Å². The van der Waals surface area contributed by atoms with Crippen molar-refractivity contribution in [1.82, 2.24) is 0 Å². The molecule has 24 heavy (non-hydrogen) atoms. The Kier molecular flexibility index (Phi) is 3.50. The van der Waals surface area contributed by atoms with E-state index in [1.165, 1.54) is 30.4 Å². The molecule has 0 aliphatic heterocycles. The monoisotopic (exact) mass is 326 g/mol. The van der Waals surface area contributed by atoms with Gasteiger partial charge < -0.3 is 0 Å². The van der Waals surface area contributed by atoms with E-state index in [4.69, 9.17) is 0 Å². The van der Waals surface area contributed by atoms with Gasteiger partial charge in [-0.15, -0.1) is 0 Å². The van der Waals surface area contributed by atoms with Crippen LogP contribution in [-0.4, -0.2) is 11.6 Å². The Bertz CT molecular complexity index is 669. The molecule has 130 valence electrons. The van der Waals surface area contributed by atoms with Crippen LogP contribution in [0.4, 0.5) is 0 Å². The number of carbonyl (C=O) groups excluding carboxylic acids is 2. The lowest BCUT2D eigenvalue weighted by Crippen LogP contribution is -2.50. The molecule has 0 bridgehead atoms. The zero-order chi connectivity index (χ0) is 17.3. The fourth-order valence-electron chi connectivity index (χ4n) is 7.08. The van der Waals surface area contributed by atoms with E-state index < -0.39 is 0 Å². The summed E-state index contributed by atoms with van der Waals surface area (Å²) in [5, 5.41) is 0. The summed E-state index contributed by atoms with van der Waals surface area (Å²) in [6, 6.07) is 0. The Labute approximate surface area is 145 Å². The summed E-state index contributed by atoms with van der Waals surface area (Å²) in [7, 11) is 0. The molecule has 2 fully saturated rings. The third kappa shape index (κ3) is 2.01. The van der Waals surface area contributed by atoms with Gasteiger partial charge in [-0.3, -0.25) is 9.59 Å². The highest BCUT2D eigenvalue weighted by Gasteiger charge is 2.59. The molecule has 6 atom stereocenters. The van der Waals surface area contributed by atoms with Gasteiger partial charge in [0, 0.05) is 12.3 Å². The third-order valence-electron chi connectivity index (χ3n) is 8.32. The van der Waals surface area contributed by atoms with Crippen molar-refractivity contribution in [2.45, 2.75) is 66.2 Å². The van der Waals surface area contributed by atoms with Crippen LogP contribution in [0.25, 0.3) is 0 Å². The van der Waals surface area contributed by atoms with Crippen molar-refractivity contribution in [2.24, 2.45) is 34.5 Å². The molecule has 5 unspecified atom stereocenters. The number of hydrogen-bond acceptors (Lipinski definition) is 2. The van der Waals surface area contributed by atoms with Crippen molar-refractivity contribution in [2.75, 3.05) is 0 Å². The maximum Gasteiger partial charge on any atom is 0.156 e. The molecule has 0 aromatic carbocycles. The van der Waals surface area contributed by atoms with Crippen LogP contribution in [0.15, 0.2) is 23.3 Å². The lowest BCUT2D eigenvalue weighted by molar-refractivity contribution is -0.127. The molecule has 0 saturated heterocycles. The number of Topliss-reactive ketones (excluding diaryl/α,β-unsaturated/α-hetero) is 1. The number of rotatable bonds is 1. The predicted molar refractivity (Wildman–Crippen MR) is 95.4 cm³/mol. The van der Waals surface area contributed by atoms with E-state index in [0.29, 0.717) is 35.7 Å². The molecule has 0 N–H and O–H groups in total. The summed E-state index contributed by atoms with van der Waals surface area (Å²) in [4.78, 5) is 24.2.